The smallest absolute Gasteiger partial charge is 0.235 e. The van der Waals surface area contributed by atoms with Gasteiger partial charge in [0.25, 0.3) is 0 Å². The van der Waals surface area contributed by atoms with Crippen LogP contribution in [0.1, 0.15) is 47.8 Å². The van der Waals surface area contributed by atoms with Crippen molar-refractivity contribution >= 4 is 46.2 Å². The molecule has 0 radical (unpaired) electrons. The van der Waals surface area contributed by atoms with Gasteiger partial charge in [0.15, 0.2) is 5.16 Å². The molecule has 7 nitrogen and oxygen atoms in total. The van der Waals surface area contributed by atoms with Crippen LogP contribution in [0.2, 0.25) is 0 Å². The van der Waals surface area contributed by atoms with Gasteiger partial charge in [-0.3, -0.25) is 4.79 Å². The van der Waals surface area contributed by atoms with E-state index in [2.05, 4.69) is 35.4 Å². The number of carbonyl (C=O) groups is 1. The lowest BCUT2D eigenvalue weighted by Gasteiger charge is -2.29. The summed E-state index contributed by atoms with van der Waals surface area (Å²) in [6.07, 6.45) is 8.46. The van der Waals surface area contributed by atoms with E-state index in [9.17, 15) is 10.1 Å². The fraction of sp³-hybridized carbons (Fsp3) is 0.304. The molecule has 0 unspecified atom stereocenters. The van der Waals surface area contributed by atoms with Crippen molar-refractivity contribution in [1.82, 2.24) is 14.8 Å². The third kappa shape index (κ3) is 4.56. The zero-order valence-electron chi connectivity index (χ0n) is 18.3. The first-order chi connectivity index (χ1) is 15.3. The van der Waals surface area contributed by atoms with Gasteiger partial charge in [-0.1, -0.05) is 31.7 Å². The Balaban J connectivity index is 1.57. The number of fused-ring (bicyclic) bond motifs is 1. The van der Waals surface area contributed by atoms with Crippen LogP contribution in [0.25, 0.3) is 12.2 Å². The van der Waals surface area contributed by atoms with Gasteiger partial charge in [-0.2, -0.15) is 5.26 Å². The molecule has 1 aliphatic rings. The van der Waals surface area contributed by atoms with Crippen LogP contribution in [-0.4, -0.2) is 26.4 Å². The summed E-state index contributed by atoms with van der Waals surface area (Å²) in [5.41, 5.74) is 2.35. The lowest BCUT2D eigenvalue weighted by molar-refractivity contribution is -0.113. The van der Waals surface area contributed by atoms with Crippen LogP contribution in [0.15, 0.2) is 39.7 Å². The number of carbonyl (C=O) groups excluding carboxylic acids is 1. The van der Waals surface area contributed by atoms with Crippen LogP contribution >= 0.6 is 23.1 Å². The summed E-state index contributed by atoms with van der Waals surface area (Å²) in [6.45, 7) is 6.24. The average molecular weight is 466 g/mol. The fourth-order valence-corrected chi connectivity index (χ4v) is 5.58. The molecular weight excluding hydrogens is 442 g/mol. The molecule has 0 fully saturated rings. The van der Waals surface area contributed by atoms with E-state index in [-0.39, 0.29) is 17.1 Å². The number of anilines is 1. The van der Waals surface area contributed by atoms with Gasteiger partial charge < -0.3 is 14.3 Å². The first-order valence-corrected chi connectivity index (χ1v) is 11.9. The normalized spacial score (nSPS) is 14.8. The SMILES string of the molecule is Cc1ccc(C=CC2=Cc3c(sc(NC(=O)CSc4nncn4C)c3C#N)C(C)(C)C2)o1. The van der Waals surface area contributed by atoms with Crippen molar-refractivity contribution in [2.24, 2.45) is 7.05 Å². The molecule has 3 aromatic heterocycles. The Kier molecular flexibility index (Phi) is 6.09. The van der Waals surface area contributed by atoms with E-state index in [0.717, 1.165) is 34.0 Å². The molecule has 0 saturated carbocycles. The maximum absolute atomic E-state index is 12.6. The molecule has 4 rings (SSSR count). The summed E-state index contributed by atoms with van der Waals surface area (Å²) >= 11 is 2.79. The van der Waals surface area contributed by atoms with Gasteiger partial charge >= 0.3 is 0 Å². The lowest BCUT2D eigenvalue weighted by atomic mass is 9.77. The van der Waals surface area contributed by atoms with E-state index in [1.807, 2.05) is 44.3 Å². The molecule has 1 amide bonds. The van der Waals surface area contributed by atoms with Crippen LogP contribution in [-0.2, 0) is 17.3 Å². The summed E-state index contributed by atoms with van der Waals surface area (Å²) in [7, 11) is 1.83. The number of aromatic nitrogens is 3. The van der Waals surface area contributed by atoms with E-state index in [1.165, 1.54) is 23.1 Å². The Bertz CT molecular complexity index is 1270. The maximum Gasteiger partial charge on any atom is 0.235 e. The predicted octanol–water partition coefficient (Wildman–Crippen LogP) is 5.16. The summed E-state index contributed by atoms with van der Waals surface area (Å²) in [4.78, 5) is 13.7. The third-order valence-electron chi connectivity index (χ3n) is 5.13. The van der Waals surface area contributed by atoms with E-state index >= 15 is 0 Å². The first-order valence-electron chi connectivity index (χ1n) is 10.1. The van der Waals surface area contributed by atoms with Gasteiger partial charge in [0.1, 0.15) is 28.9 Å². The van der Waals surface area contributed by atoms with Crippen molar-refractivity contribution in [2.45, 2.75) is 37.8 Å². The van der Waals surface area contributed by atoms with Crippen molar-refractivity contribution in [2.75, 3.05) is 11.1 Å². The zero-order valence-corrected chi connectivity index (χ0v) is 19.9. The summed E-state index contributed by atoms with van der Waals surface area (Å²) in [6, 6.07) is 6.16. The highest BCUT2D eigenvalue weighted by Gasteiger charge is 2.33. The monoisotopic (exact) mass is 465 g/mol. The molecule has 164 valence electrons. The fourth-order valence-electron chi connectivity index (χ4n) is 3.65. The zero-order chi connectivity index (χ0) is 22.9. The topological polar surface area (TPSA) is 96.7 Å². The molecule has 0 atom stereocenters. The highest BCUT2D eigenvalue weighted by atomic mass is 32.2. The second-order valence-corrected chi connectivity index (χ2v) is 10.2. The Hall–Kier alpha value is -3.09. The molecule has 0 aromatic carbocycles. The number of furan rings is 1. The lowest BCUT2D eigenvalue weighted by Crippen LogP contribution is -2.20. The number of thiophene rings is 1. The highest BCUT2D eigenvalue weighted by molar-refractivity contribution is 7.99. The first kappa shape index (κ1) is 22.1. The van der Waals surface area contributed by atoms with Crippen LogP contribution in [0.5, 0.6) is 0 Å². The van der Waals surface area contributed by atoms with Crippen molar-refractivity contribution < 1.29 is 9.21 Å². The molecule has 0 spiro atoms. The molecule has 9 heteroatoms. The number of nitriles is 1. The number of aryl methyl sites for hydroxylation is 2. The molecule has 32 heavy (non-hydrogen) atoms. The Labute approximate surface area is 194 Å². The standard InChI is InChI=1S/C23H23N5O2S2/c1-14-5-7-16(30-14)8-6-15-9-17-18(11-24)21(32-20(17)23(2,3)10-15)26-19(29)12-31-22-27-25-13-28(22)4/h5-9,13H,10,12H2,1-4H3,(H,26,29). The second-order valence-electron chi connectivity index (χ2n) is 8.28. The molecule has 3 heterocycles. The van der Waals surface area contributed by atoms with Gasteiger partial charge in [-0.25, -0.2) is 0 Å². The largest absolute Gasteiger partial charge is 0.462 e. The molecule has 3 aromatic rings. The number of hydrogen-bond acceptors (Lipinski definition) is 7. The van der Waals surface area contributed by atoms with Gasteiger partial charge in [-0.15, -0.1) is 21.5 Å². The van der Waals surface area contributed by atoms with Crippen molar-refractivity contribution in [1.29, 1.82) is 5.26 Å². The van der Waals surface area contributed by atoms with Gasteiger partial charge in [0.2, 0.25) is 5.91 Å². The van der Waals surface area contributed by atoms with Crippen molar-refractivity contribution in [3.8, 4) is 6.07 Å². The maximum atomic E-state index is 12.6. The van der Waals surface area contributed by atoms with E-state index < -0.39 is 0 Å². The summed E-state index contributed by atoms with van der Waals surface area (Å²) in [5.74, 6) is 1.68. The Morgan fingerprint density at radius 2 is 2.25 bits per heavy atom. The molecular formula is C23H23N5O2S2. The molecule has 1 N–H and O–H groups in total. The van der Waals surface area contributed by atoms with E-state index in [1.54, 1.807) is 10.9 Å². The second kappa shape index (κ2) is 8.81. The summed E-state index contributed by atoms with van der Waals surface area (Å²) in [5, 5.41) is 21.9. The van der Waals surface area contributed by atoms with Crippen LogP contribution in [0, 0.1) is 18.3 Å². The molecule has 1 aliphatic carbocycles. The molecule has 0 saturated heterocycles. The highest BCUT2D eigenvalue weighted by Crippen LogP contribution is 2.47. The minimum absolute atomic E-state index is 0.157. The molecule has 0 aliphatic heterocycles. The number of nitrogens with one attached hydrogen (secondary N) is 1. The predicted molar refractivity (Wildman–Crippen MR) is 127 cm³/mol. The third-order valence-corrected chi connectivity index (χ3v) is 7.65. The van der Waals surface area contributed by atoms with Crippen molar-refractivity contribution in [3.63, 3.8) is 0 Å². The van der Waals surface area contributed by atoms with Gasteiger partial charge in [0.05, 0.1) is 11.3 Å². The van der Waals surface area contributed by atoms with Crippen LogP contribution in [0.3, 0.4) is 0 Å². The molecule has 0 bridgehead atoms. The van der Waals surface area contributed by atoms with E-state index in [0.29, 0.717) is 15.7 Å². The Morgan fingerprint density at radius 3 is 2.91 bits per heavy atom. The Morgan fingerprint density at radius 1 is 1.44 bits per heavy atom. The minimum atomic E-state index is -0.178. The van der Waals surface area contributed by atoms with Gasteiger partial charge in [-0.05, 0) is 43.2 Å². The van der Waals surface area contributed by atoms with Gasteiger partial charge in [0, 0.05) is 22.9 Å². The number of thioether (sulfide) groups is 1. The number of hydrogen-bond donors (Lipinski definition) is 1. The van der Waals surface area contributed by atoms with Crippen LogP contribution < -0.4 is 5.32 Å². The number of rotatable bonds is 6. The van der Waals surface area contributed by atoms with Crippen LogP contribution in [0.4, 0.5) is 5.00 Å². The van der Waals surface area contributed by atoms with Crippen molar-refractivity contribution in [3.05, 3.63) is 57.6 Å². The number of nitrogens with zero attached hydrogens (tertiary/aromatic N) is 4. The van der Waals surface area contributed by atoms with E-state index in [4.69, 9.17) is 4.42 Å². The number of allylic oxidation sites excluding steroid dienone is 2. The number of amides is 1. The minimum Gasteiger partial charge on any atom is -0.462 e. The summed E-state index contributed by atoms with van der Waals surface area (Å²) < 4.78 is 7.38. The quantitative estimate of drug-likeness (QED) is 0.505. The average Bonchev–Trinajstić information content (AvgIpc) is 3.43.